The second-order valence-corrected chi connectivity index (χ2v) is 6.23. The van der Waals surface area contributed by atoms with Gasteiger partial charge in [0.2, 0.25) is 0 Å². The third-order valence-electron chi connectivity index (χ3n) is 3.45. The summed E-state index contributed by atoms with van der Waals surface area (Å²) < 4.78 is 5.47. The van der Waals surface area contributed by atoms with Gasteiger partial charge < -0.3 is 10.1 Å². The summed E-state index contributed by atoms with van der Waals surface area (Å²) in [6, 6.07) is 16.8. The van der Waals surface area contributed by atoms with Crippen LogP contribution in [0.2, 0.25) is 0 Å². The Morgan fingerprint density at radius 1 is 0.952 bits per heavy atom. The van der Waals surface area contributed by atoms with E-state index in [1.807, 2.05) is 19.1 Å². The Bertz CT molecular complexity index is 567. The van der Waals surface area contributed by atoms with Crippen LogP contribution in [-0.2, 0) is 12.0 Å². The van der Waals surface area contributed by atoms with Crippen LogP contribution >= 0.6 is 0 Å². The maximum Gasteiger partial charge on any atom is 0.119 e. The van der Waals surface area contributed by atoms with Crippen LogP contribution in [0.1, 0.15) is 38.8 Å². The quantitative estimate of drug-likeness (QED) is 0.834. The fraction of sp³-hybridized carbons (Fsp3) is 0.368. The van der Waals surface area contributed by atoms with Crippen molar-refractivity contribution in [2.75, 3.05) is 11.9 Å². The molecule has 0 amide bonds. The third-order valence-corrected chi connectivity index (χ3v) is 3.45. The average Bonchev–Trinajstić information content (AvgIpc) is 2.46. The third kappa shape index (κ3) is 4.25. The van der Waals surface area contributed by atoms with Crippen LogP contribution in [0.15, 0.2) is 48.5 Å². The van der Waals surface area contributed by atoms with Gasteiger partial charge in [0.15, 0.2) is 0 Å². The van der Waals surface area contributed by atoms with Crippen molar-refractivity contribution in [3.63, 3.8) is 0 Å². The molecule has 112 valence electrons. The average molecular weight is 283 g/mol. The molecule has 0 saturated heterocycles. The Morgan fingerprint density at radius 3 is 2.24 bits per heavy atom. The van der Waals surface area contributed by atoms with Crippen molar-refractivity contribution < 1.29 is 4.74 Å². The Labute approximate surface area is 128 Å². The number of rotatable bonds is 5. The highest BCUT2D eigenvalue weighted by Gasteiger charge is 2.16. The van der Waals surface area contributed by atoms with Crippen LogP contribution in [-0.4, -0.2) is 6.61 Å². The molecule has 2 aromatic carbocycles. The van der Waals surface area contributed by atoms with Crippen LogP contribution < -0.4 is 10.1 Å². The number of anilines is 1. The minimum atomic E-state index is 0.141. The summed E-state index contributed by atoms with van der Waals surface area (Å²) >= 11 is 0. The van der Waals surface area contributed by atoms with E-state index in [0.29, 0.717) is 6.61 Å². The van der Waals surface area contributed by atoms with Crippen LogP contribution in [0.5, 0.6) is 5.75 Å². The van der Waals surface area contributed by atoms with Gasteiger partial charge >= 0.3 is 0 Å². The van der Waals surface area contributed by atoms with Crippen molar-refractivity contribution in [3.8, 4) is 5.75 Å². The van der Waals surface area contributed by atoms with Crippen molar-refractivity contribution in [1.29, 1.82) is 0 Å². The van der Waals surface area contributed by atoms with Gasteiger partial charge in [-0.15, -0.1) is 0 Å². The largest absolute Gasteiger partial charge is 0.494 e. The van der Waals surface area contributed by atoms with Crippen molar-refractivity contribution in [2.45, 2.75) is 39.7 Å². The number of ether oxygens (including phenoxy) is 1. The van der Waals surface area contributed by atoms with E-state index < -0.39 is 0 Å². The van der Waals surface area contributed by atoms with Gasteiger partial charge in [-0.1, -0.05) is 51.1 Å². The summed E-state index contributed by atoms with van der Waals surface area (Å²) in [6.45, 7) is 10.2. The summed E-state index contributed by atoms with van der Waals surface area (Å²) in [6.07, 6.45) is 0. The van der Waals surface area contributed by atoms with E-state index in [0.717, 1.165) is 12.3 Å². The Kier molecular flexibility index (Phi) is 4.89. The van der Waals surface area contributed by atoms with Crippen LogP contribution in [0.4, 0.5) is 5.69 Å². The highest BCUT2D eigenvalue weighted by Crippen LogP contribution is 2.29. The summed E-state index contributed by atoms with van der Waals surface area (Å²) in [5.41, 5.74) is 3.94. The van der Waals surface area contributed by atoms with Crippen molar-refractivity contribution in [3.05, 3.63) is 59.7 Å². The molecule has 0 aliphatic heterocycles. The molecule has 1 N–H and O–H groups in total. The molecule has 0 spiro atoms. The molecule has 0 radical (unpaired) electrons. The van der Waals surface area contributed by atoms with E-state index >= 15 is 0 Å². The summed E-state index contributed by atoms with van der Waals surface area (Å²) in [7, 11) is 0. The van der Waals surface area contributed by atoms with Crippen molar-refractivity contribution >= 4 is 5.69 Å². The highest BCUT2D eigenvalue weighted by atomic mass is 16.5. The molecule has 0 unspecified atom stereocenters. The number of hydrogen-bond acceptors (Lipinski definition) is 2. The molecule has 0 bridgehead atoms. The first-order valence-corrected chi connectivity index (χ1v) is 7.56. The van der Waals surface area contributed by atoms with Gasteiger partial charge in [-0.2, -0.15) is 0 Å². The minimum absolute atomic E-state index is 0.141. The molecule has 0 heterocycles. The smallest absolute Gasteiger partial charge is 0.119 e. The van der Waals surface area contributed by atoms with E-state index in [4.69, 9.17) is 4.74 Å². The van der Waals surface area contributed by atoms with Crippen LogP contribution in [0.25, 0.3) is 0 Å². The zero-order valence-electron chi connectivity index (χ0n) is 13.4. The summed E-state index contributed by atoms with van der Waals surface area (Å²) in [5.74, 6) is 0.927. The van der Waals surface area contributed by atoms with Gasteiger partial charge in [-0.3, -0.25) is 0 Å². The first kappa shape index (κ1) is 15.4. The second-order valence-electron chi connectivity index (χ2n) is 6.23. The lowest BCUT2D eigenvalue weighted by atomic mass is 9.86. The monoisotopic (exact) mass is 283 g/mol. The van der Waals surface area contributed by atoms with E-state index in [1.165, 1.54) is 16.8 Å². The van der Waals surface area contributed by atoms with Crippen molar-refractivity contribution in [1.82, 2.24) is 0 Å². The number of benzene rings is 2. The Balaban J connectivity index is 2.06. The summed E-state index contributed by atoms with van der Waals surface area (Å²) in [4.78, 5) is 0. The lowest BCUT2D eigenvalue weighted by Gasteiger charge is -2.23. The van der Waals surface area contributed by atoms with Gasteiger partial charge in [-0.25, -0.2) is 0 Å². The number of para-hydroxylation sites is 1. The topological polar surface area (TPSA) is 21.3 Å². The number of nitrogens with one attached hydrogen (secondary N) is 1. The lowest BCUT2D eigenvalue weighted by molar-refractivity contribution is 0.340. The number of hydrogen-bond donors (Lipinski definition) is 1. The zero-order chi connectivity index (χ0) is 15.3. The van der Waals surface area contributed by atoms with E-state index in [-0.39, 0.29) is 5.41 Å². The van der Waals surface area contributed by atoms with Crippen LogP contribution in [0.3, 0.4) is 0 Å². The van der Waals surface area contributed by atoms with E-state index in [9.17, 15) is 0 Å². The van der Waals surface area contributed by atoms with Gasteiger partial charge in [0.05, 0.1) is 6.61 Å². The fourth-order valence-electron chi connectivity index (χ4n) is 2.36. The maximum atomic E-state index is 5.47. The standard InChI is InChI=1S/C19H25NO/c1-5-21-16-12-10-15(11-13-16)14-20-18-9-7-6-8-17(18)19(2,3)4/h6-13,20H,5,14H2,1-4H3. The van der Waals surface area contributed by atoms with Gasteiger partial charge in [0.1, 0.15) is 5.75 Å². The molecule has 21 heavy (non-hydrogen) atoms. The predicted octanol–water partition coefficient (Wildman–Crippen LogP) is 4.99. The molecule has 2 aromatic rings. The molecular formula is C19H25NO. The maximum absolute atomic E-state index is 5.47. The van der Waals surface area contributed by atoms with Crippen LogP contribution in [0, 0.1) is 0 Å². The molecule has 0 aliphatic rings. The molecule has 0 aliphatic carbocycles. The summed E-state index contributed by atoms with van der Waals surface area (Å²) in [5, 5.41) is 3.55. The van der Waals surface area contributed by atoms with Gasteiger partial charge in [-0.05, 0) is 41.7 Å². The van der Waals surface area contributed by atoms with Crippen molar-refractivity contribution in [2.24, 2.45) is 0 Å². The molecule has 2 rings (SSSR count). The molecule has 0 fully saturated rings. The Hall–Kier alpha value is -1.96. The molecule has 2 nitrogen and oxygen atoms in total. The molecule has 0 aromatic heterocycles. The lowest BCUT2D eigenvalue weighted by Crippen LogP contribution is -2.14. The molecule has 0 atom stereocenters. The minimum Gasteiger partial charge on any atom is -0.494 e. The highest BCUT2D eigenvalue weighted by molar-refractivity contribution is 5.54. The first-order valence-electron chi connectivity index (χ1n) is 7.56. The van der Waals surface area contributed by atoms with E-state index in [1.54, 1.807) is 0 Å². The Morgan fingerprint density at radius 2 is 1.62 bits per heavy atom. The first-order chi connectivity index (χ1) is 10.0. The molecule has 2 heteroatoms. The fourth-order valence-corrected chi connectivity index (χ4v) is 2.36. The predicted molar refractivity (Wildman–Crippen MR) is 90.1 cm³/mol. The SMILES string of the molecule is CCOc1ccc(CNc2ccccc2C(C)(C)C)cc1. The second kappa shape index (κ2) is 6.66. The normalized spacial score (nSPS) is 11.2. The molecule has 0 saturated carbocycles. The molecular weight excluding hydrogens is 258 g/mol. The van der Waals surface area contributed by atoms with E-state index in [2.05, 4.69) is 62.5 Å². The van der Waals surface area contributed by atoms with Gasteiger partial charge in [0, 0.05) is 12.2 Å². The van der Waals surface area contributed by atoms with Gasteiger partial charge in [0.25, 0.3) is 0 Å². The zero-order valence-corrected chi connectivity index (χ0v) is 13.4.